The summed E-state index contributed by atoms with van der Waals surface area (Å²) in [7, 11) is 5.04. The first kappa shape index (κ1) is 26.9. The van der Waals surface area contributed by atoms with Crippen LogP contribution in [-0.2, 0) is 11.8 Å². The van der Waals surface area contributed by atoms with E-state index in [4.69, 9.17) is 9.47 Å². The molecule has 0 aliphatic heterocycles. The van der Waals surface area contributed by atoms with Gasteiger partial charge in [0.1, 0.15) is 24.2 Å². The second-order valence-electron chi connectivity index (χ2n) is 8.69. The minimum Gasteiger partial charge on any atom is -0.497 e. The third-order valence-electron chi connectivity index (χ3n) is 5.27. The number of amides is 1. The van der Waals surface area contributed by atoms with Crippen LogP contribution in [-0.4, -0.2) is 37.3 Å². The number of aromatic nitrogens is 2. The van der Waals surface area contributed by atoms with Crippen LogP contribution in [0.25, 0.3) is 0 Å². The van der Waals surface area contributed by atoms with Crippen molar-refractivity contribution in [3.05, 3.63) is 36.4 Å². The zero-order valence-electron chi connectivity index (χ0n) is 22.0. The minimum absolute atomic E-state index is 0.220. The van der Waals surface area contributed by atoms with Crippen LogP contribution in [0.4, 0.5) is 33.0 Å². The van der Waals surface area contributed by atoms with Crippen molar-refractivity contribution in [1.82, 2.24) is 5.10 Å². The summed E-state index contributed by atoms with van der Waals surface area (Å²) in [5.41, 5.74) is 2.46. The van der Waals surface area contributed by atoms with Gasteiger partial charge in [0.05, 0.1) is 30.7 Å². The Labute approximate surface area is 216 Å². The largest absolute Gasteiger partial charge is 0.497 e. The zero-order valence-corrected chi connectivity index (χ0v) is 22.8. The van der Waals surface area contributed by atoms with E-state index >= 15 is 0 Å². The van der Waals surface area contributed by atoms with Gasteiger partial charge in [-0.3, -0.25) is 4.79 Å². The van der Waals surface area contributed by atoms with Crippen molar-refractivity contribution in [3.63, 3.8) is 0 Å². The fourth-order valence-corrected chi connectivity index (χ4v) is 4.81. The summed E-state index contributed by atoms with van der Waals surface area (Å²) >= 11 is 1.46. The van der Waals surface area contributed by atoms with Crippen LogP contribution >= 0.6 is 11.3 Å². The maximum absolute atomic E-state index is 11.9. The second-order valence-corrected chi connectivity index (χ2v) is 9.62. The third kappa shape index (κ3) is 6.48. The molecule has 0 aliphatic rings. The van der Waals surface area contributed by atoms with Crippen molar-refractivity contribution in [2.45, 2.75) is 46.7 Å². The molecule has 1 aromatic heterocycles. The van der Waals surface area contributed by atoms with Crippen molar-refractivity contribution < 1.29 is 19.0 Å². The van der Waals surface area contributed by atoms with E-state index in [9.17, 15) is 4.79 Å². The predicted molar refractivity (Wildman–Crippen MR) is 144 cm³/mol. The highest BCUT2D eigenvalue weighted by atomic mass is 32.1. The summed E-state index contributed by atoms with van der Waals surface area (Å²) < 4.78 is 12.5. The molecule has 0 saturated carbocycles. The molecule has 36 heavy (non-hydrogen) atoms. The van der Waals surface area contributed by atoms with Crippen molar-refractivity contribution in [2.75, 3.05) is 29.8 Å². The second kappa shape index (κ2) is 11.8. The summed E-state index contributed by atoms with van der Waals surface area (Å²) in [5, 5.41) is 21.2. The summed E-state index contributed by atoms with van der Waals surface area (Å²) in [4.78, 5) is 14.2. The normalized spacial score (nSPS) is 11.3. The number of rotatable bonds is 10. The van der Waals surface area contributed by atoms with Gasteiger partial charge in [-0.2, -0.15) is 0 Å². The molecule has 0 saturated heterocycles. The van der Waals surface area contributed by atoms with Crippen molar-refractivity contribution in [3.8, 4) is 11.5 Å². The topological polar surface area (TPSA) is 104 Å². The number of methoxy groups -OCH3 is 2. The number of anilines is 4. The Morgan fingerprint density at radius 1 is 1.03 bits per heavy atom. The number of ether oxygens (including phenoxy) is 2. The Hall–Kier alpha value is -3.73. The summed E-state index contributed by atoms with van der Waals surface area (Å²) in [5.74, 6) is 1.09. The van der Waals surface area contributed by atoms with Crippen LogP contribution in [0, 0.1) is 0 Å². The van der Waals surface area contributed by atoms with Gasteiger partial charge in [0.25, 0.3) is 0 Å². The van der Waals surface area contributed by atoms with E-state index in [-0.39, 0.29) is 5.91 Å². The minimum atomic E-state index is -0.220. The van der Waals surface area contributed by atoms with Crippen molar-refractivity contribution in [1.29, 1.82) is 0 Å². The monoisotopic (exact) mass is 512 g/mol. The molecular formula is C25H34N7O3S+. The van der Waals surface area contributed by atoms with E-state index in [1.54, 1.807) is 31.0 Å². The average molecular weight is 513 g/mol. The van der Waals surface area contributed by atoms with Gasteiger partial charge in [-0.05, 0) is 74.5 Å². The molecule has 1 heterocycles. The van der Waals surface area contributed by atoms with Gasteiger partial charge in [-0.25, -0.2) is 0 Å². The Bertz CT molecular complexity index is 1220. The molecule has 10 nitrogen and oxygen atoms in total. The Kier molecular flexibility index (Phi) is 8.81. The molecule has 2 aromatic carbocycles. The third-order valence-corrected chi connectivity index (χ3v) is 6.27. The van der Waals surface area contributed by atoms with Crippen LogP contribution in [0.15, 0.2) is 46.6 Å². The Morgan fingerprint density at radius 2 is 1.69 bits per heavy atom. The van der Waals surface area contributed by atoms with Gasteiger partial charge in [-0.1, -0.05) is 5.10 Å². The molecular weight excluding hydrogens is 478 g/mol. The van der Waals surface area contributed by atoms with Gasteiger partial charge in [0.2, 0.25) is 11.0 Å². The molecule has 0 spiro atoms. The van der Waals surface area contributed by atoms with Crippen LogP contribution in [0.5, 0.6) is 11.5 Å². The number of benzene rings is 2. The van der Waals surface area contributed by atoms with Crippen LogP contribution in [0.3, 0.4) is 0 Å². The number of carbonyl (C=O) groups is 1. The van der Waals surface area contributed by atoms with Gasteiger partial charge in [0, 0.05) is 30.8 Å². The molecule has 2 N–H and O–H groups in total. The molecule has 0 radical (unpaired) electrons. The molecule has 11 heteroatoms. The highest BCUT2D eigenvalue weighted by molar-refractivity contribution is 7.18. The standard InChI is InChI=1S/C25H33N7O3S/c1-15(2)32(16(3)4)25-30-31(6)24(36-25)29-28-21-14-23(35-8)22(13-20(21)26-17(5)33)27-18-9-11-19(34-7)12-10-18/h9-16H,1-8H3,(H,26,27,33)/p+1. The molecule has 3 aromatic rings. The lowest BCUT2D eigenvalue weighted by Crippen LogP contribution is -2.39. The number of nitrogens with zero attached hydrogens (tertiary/aromatic N) is 5. The number of hydrogen-bond donors (Lipinski definition) is 2. The van der Waals surface area contributed by atoms with Crippen LogP contribution in [0.1, 0.15) is 34.6 Å². The summed E-state index contributed by atoms with van der Waals surface area (Å²) in [6.45, 7) is 9.99. The zero-order chi connectivity index (χ0) is 26.4. The lowest BCUT2D eigenvalue weighted by atomic mass is 10.2. The van der Waals surface area contributed by atoms with Crippen molar-refractivity contribution >= 4 is 50.3 Å². The highest BCUT2D eigenvalue weighted by Crippen LogP contribution is 2.39. The van der Waals surface area contributed by atoms with Gasteiger partial charge in [0.15, 0.2) is 0 Å². The first-order valence-corrected chi connectivity index (χ1v) is 12.4. The molecule has 0 fully saturated rings. The number of hydrogen-bond acceptors (Lipinski definition) is 9. The fraction of sp³-hybridized carbons (Fsp3) is 0.400. The first-order valence-electron chi connectivity index (χ1n) is 11.6. The van der Waals surface area contributed by atoms with Crippen LogP contribution in [0.2, 0.25) is 0 Å². The number of nitrogens with one attached hydrogen (secondary N) is 2. The molecule has 0 atom stereocenters. The Balaban J connectivity index is 1.97. The van der Waals surface area contributed by atoms with E-state index in [0.29, 0.717) is 40.0 Å². The highest BCUT2D eigenvalue weighted by Gasteiger charge is 2.24. The van der Waals surface area contributed by atoms with Crippen LogP contribution < -0.4 is 29.7 Å². The fourth-order valence-electron chi connectivity index (χ4n) is 3.70. The molecule has 0 unspecified atom stereocenters. The maximum atomic E-state index is 11.9. The molecule has 3 rings (SSSR count). The van der Waals surface area contributed by atoms with Gasteiger partial charge in [-0.15, -0.1) is 4.68 Å². The van der Waals surface area contributed by atoms with Gasteiger partial charge >= 0.3 is 5.13 Å². The summed E-state index contributed by atoms with van der Waals surface area (Å²) in [6, 6.07) is 11.6. The molecule has 0 aliphatic carbocycles. The molecule has 1 amide bonds. The van der Waals surface area contributed by atoms with E-state index < -0.39 is 0 Å². The van der Waals surface area contributed by atoms with Gasteiger partial charge < -0.3 is 25.0 Å². The van der Waals surface area contributed by atoms with E-state index in [1.807, 2.05) is 31.3 Å². The average Bonchev–Trinajstić information content (AvgIpc) is 3.17. The number of azo groups is 1. The lowest BCUT2D eigenvalue weighted by Gasteiger charge is -2.28. The van der Waals surface area contributed by atoms with Crippen molar-refractivity contribution in [2.24, 2.45) is 17.3 Å². The van der Waals surface area contributed by atoms with E-state index in [0.717, 1.165) is 16.6 Å². The van der Waals surface area contributed by atoms with E-state index in [1.165, 1.54) is 18.3 Å². The molecule has 192 valence electrons. The SMILES string of the molecule is COc1ccc(Nc2cc(NC(C)=O)c(N=Nc3sc(N(C(C)C)C(C)C)n[n+]3C)cc2OC)cc1. The molecule has 0 bridgehead atoms. The van der Waals surface area contributed by atoms with E-state index in [2.05, 4.69) is 58.6 Å². The number of carbonyl (C=O) groups excluding carboxylic acids is 1. The Morgan fingerprint density at radius 3 is 2.25 bits per heavy atom. The quantitative estimate of drug-likeness (QED) is 0.266. The summed E-state index contributed by atoms with van der Waals surface area (Å²) in [6.07, 6.45) is 0. The smallest absolute Gasteiger partial charge is 0.431 e. The predicted octanol–water partition coefficient (Wildman–Crippen LogP) is 5.73. The lowest BCUT2D eigenvalue weighted by molar-refractivity contribution is -0.712. The maximum Gasteiger partial charge on any atom is 0.431 e. The first-order chi connectivity index (χ1) is 17.1. The number of aryl methyl sites for hydroxylation is 1.